The van der Waals surface area contributed by atoms with Gasteiger partial charge in [-0.15, -0.1) is 0 Å². The molecule has 0 bridgehead atoms. The lowest BCUT2D eigenvalue weighted by Crippen LogP contribution is -2.30. The van der Waals surface area contributed by atoms with E-state index in [4.69, 9.17) is 15.2 Å². The molecule has 0 spiro atoms. The van der Waals surface area contributed by atoms with E-state index in [1.165, 1.54) is 0 Å². The van der Waals surface area contributed by atoms with Gasteiger partial charge >= 0.3 is 0 Å². The van der Waals surface area contributed by atoms with E-state index < -0.39 is 6.10 Å². The number of rotatable bonds is 6. The summed E-state index contributed by atoms with van der Waals surface area (Å²) < 4.78 is 10.5. The average Bonchev–Trinajstić information content (AvgIpc) is 2.39. The van der Waals surface area contributed by atoms with Crippen molar-refractivity contribution in [3.05, 3.63) is 23.8 Å². The second kappa shape index (κ2) is 6.61. The monoisotopic (exact) mass is 253 g/mol. The van der Waals surface area contributed by atoms with Crippen molar-refractivity contribution >= 4 is 0 Å². The van der Waals surface area contributed by atoms with Crippen LogP contribution in [0.2, 0.25) is 0 Å². The van der Waals surface area contributed by atoms with Crippen LogP contribution >= 0.6 is 0 Å². The summed E-state index contributed by atoms with van der Waals surface area (Å²) in [5, 5.41) is 10.2. The molecular formula is C14H23NO3. The summed E-state index contributed by atoms with van der Waals surface area (Å²) >= 11 is 0. The van der Waals surface area contributed by atoms with E-state index in [0.717, 1.165) is 5.56 Å². The molecule has 4 heteroatoms. The van der Waals surface area contributed by atoms with Gasteiger partial charge in [0, 0.05) is 12.5 Å². The van der Waals surface area contributed by atoms with Crippen molar-refractivity contribution in [2.75, 3.05) is 20.8 Å². The minimum atomic E-state index is -0.465. The van der Waals surface area contributed by atoms with E-state index >= 15 is 0 Å². The molecule has 0 aliphatic heterocycles. The highest BCUT2D eigenvalue weighted by molar-refractivity contribution is 5.44. The van der Waals surface area contributed by atoms with E-state index in [2.05, 4.69) is 0 Å². The highest BCUT2D eigenvalue weighted by atomic mass is 16.5. The zero-order valence-corrected chi connectivity index (χ0v) is 11.5. The molecule has 2 atom stereocenters. The molecule has 0 heterocycles. The van der Waals surface area contributed by atoms with Crippen LogP contribution in [0, 0.1) is 5.92 Å². The average molecular weight is 253 g/mol. The quantitative estimate of drug-likeness (QED) is 0.811. The van der Waals surface area contributed by atoms with E-state index in [9.17, 15) is 5.11 Å². The zero-order valence-electron chi connectivity index (χ0n) is 11.5. The molecule has 4 nitrogen and oxygen atoms in total. The largest absolute Gasteiger partial charge is 0.493 e. The maximum Gasteiger partial charge on any atom is 0.160 e. The first-order chi connectivity index (χ1) is 8.54. The lowest BCUT2D eigenvalue weighted by molar-refractivity contribution is 0.0984. The molecule has 3 N–H and O–H groups in total. The molecule has 0 saturated heterocycles. The fourth-order valence-electron chi connectivity index (χ4n) is 2.02. The van der Waals surface area contributed by atoms with Gasteiger partial charge in [0.15, 0.2) is 11.5 Å². The Morgan fingerprint density at radius 2 is 1.78 bits per heavy atom. The molecule has 1 rings (SSSR count). The van der Waals surface area contributed by atoms with E-state index in [-0.39, 0.29) is 11.8 Å². The van der Waals surface area contributed by atoms with Crippen molar-refractivity contribution in [1.82, 2.24) is 0 Å². The second-order valence-corrected chi connectivity index (χ2v) is 4.69. The molecule has 0 aliphatic rings. The Labute approximate surface area is 109 Å². The highest BCUT2D eigenvalue weighted by Gasteiger charge is 2.23. The number of ether oxygens (including phenoxy) is 2. The van der Waals surface area contributed by atoms with Gasteiger partial charge in [0.2, 0.25) is 0 Å². The van der Waals surface area contributed by atoms with E-state index in [0.29, 0.717) is 18.0 Å². The van der Waals surface area contributed by atoms with Crippen LogP contribution in [0.4, 0.5) is 0 Å². The summed E-state index contributed by atoms with van der Waals surface area (Å²) in [4.78, 5) is 0. The Balaban J connectivity index is 3.07. The normalized spacial score (nSPS) is 14.4. The second-order valence-electron chi connectivity index (χ2n) is 4.69. The summed E-state index contributed by atoms with van der Waals surface area (Å²) in [6.45, 7) is 4.36. The Morgan fingerprint density at radius 3 is 2.22 bits per heavy atom. The minimum Gasteiger partial charge on any atom is -0.493 e. The zero-order chi connectivity index (χ0) is 13.7. The maximum absolute atomic E-state index is 10.2. The third-order valence-corrected chi connectivity index (χ3v) is 3.18. The van der Waals surface area contributed by atoms with Crippen molar-refractivity contribution in [2.24, 2.45) is 11.7 Å². The number of aliphatic hydroxyl groups is 1. The molecule has 0 aliphatic carbocycles. The van der Waals surface area contributed by atoms with Gasteiger partial charge in [-0.05, 0) is 23.6 Å². The van der Waals surface area contributed by atoms with Gasteiger partial charge in [0.1, 0.15) is 0 Å². The first-order valence-corrected chi connectivity index (χ1v) is 6.15. The van der Waals surface area contributed by atoms with Crippen LogP contribution in [0.5, 0.6) is 11.5 Å². The van der Waals surface area contributed by atoms with Crippen molar-refractivity contribution in [3.8, 4) is 11.5 Å². The first kappa shape index (κ1) is 14.8. The van der Waals surface area contributed by atoms with Crippen LogP contribution in [0.1, 0.15) is 25.3 Å². The molecule has 0 amide bonds. The van der Waals surface area contributed by atoms with E-state index in [1.54, 1.807) is 14.2 Å². The molecule has 0 saturated carbocycles. The fraction of sp³-hybridized carbons (Fsp3) is 0.571. The molecule has 1 aromatic carbocycles. The van der Waals surface area contributed by atoms with Gasteiger partial charge in [0.05, 0.1) is 20.3 Å². The highest BCUT2D eigenvalue weighted by Crippen LogP contribution is 2.32. The standard InChI is InChI=1S/C14H23NO3/c1-9(2)14(16)11(8-15)10-5-6-12(17-3)13(7-10)18-4/h5-7,9,11,14,16H,8,15H2,1-4H3. The fourth-order valence-corrected chi connectivity index (χ4v) is 2.02. The van der Waals surface area contributed by atoms with Gasteiger partial charge in [-0.25, -0.2) is 0 Å². The van der Waals surface area contributed by atoms with Crippen LogP contribution in [0.15, 0.2) is 18.2 Å². The Kier molecular flexibility index (Phi) is 5.44. The molecule has 102 valence electrons. The molecule has 0 radical (unpaired) electrons. The smallest absolute Gasteiger partial charge is 0.160 e. The van der Waals surface area contributed by atoms with Crippen LogP contribution in [0.25, 0.3) is 0 Å². The molecule has 18 heavy (non-hydrogen) atoms. The van der Waals surface area contributed by atoms with Crippen LogP contribution < -0.4 is 15.2 Å². The number of hydrogen-bond acceptors (Lipinski definition) is 4. The molecular weight excluding hydrogens is 230 g/mol. The predicted octanol–water partition coefficient (Wildman–Crippen LogP) is 1.76. The number of nitrogens with two attached hydrogens (primary N) is 1. The van der Waals surface area contributed by atoms with Crippen LogP contribution in [-0.2, 0) is 0 Å². The van der Waals surface area contributed by atoms with Crippen molar-refractivity contribution in [1.29, 1.82) is 0 Å². The molecule has 1 aromatic rings. The summed E-state index contributed by atoms with van der Waals surface area (Å²) in [6.07, 6.45) is -0.465. The molecule has 0 fully saturated rings. The number of benzene rings is 1. The van der Waals surface area contributed by atoms with Crippen molar-refractivity contribution in [3.63, 3.8) is 0 Å². The summed E-state index contributed by atoms with van der Waals surface area (Å²) in [5.74, 6) is 1.40. The lowest BCUT2D eigenvalue weighted by Gasteiger charge is -2.25. The first-order valence-electron chi connectivity index (χ1n) is 6.15. The van der Waals surface area contributed by atoms with Gasteiger partial charge < -0.3 is 20.3 Å². The molecule has 2 unspecified atom stereocenters. The number of methoxy groups -OCH3 is 2. The topological polar surface area (TPSA) is 64.7 Å². The van der Waals surface area contributed by atoms with Crippen molar-refractivity contribution < 1.29 is 14.6 Å². The number of aliphatic hydroxyl groups excluding tert-OH is 1. The van der Waals surface area contributed by atoms with Gasteiger partial charge in [0.25, 0.3) is 0 Å². The van der Waals surface area contributed by atoms with Crippen LogP contribution in [-0.4, -0.2) is 32.0 Å². The third kappa shape index (κ3) is 3.15. The Bertz CT molecular complexity index is 379. The van der Waals surface area contributed by atoms with Crippen molar-refractivity contribution in [2.45, 2.75) is 25.9 Å². The van der Waals surface area contributed by atoms with Crippen LogP contribution in [0.3, 0.4) is 0 Å². The maximum atomic E-state index is 10.2. The summed E-state index contributed by atoms with van der Waals surface area (Å²) in [5.41, 5.74) is 6.74. The minimum absolute atomic E-state index is 0.0928. The van der Waals surface area contributed by atoms with E-state index in [1.807, 2.05) is 32.0 Å². The number of hydrogen-bond donors (Lipinski definition) is 2. The Morgan fingerprint density at radius 1 is 1.17 bits per heavy atom. The lowest BCUT2D eigenvalue weighted by atomic mass is 9.87. The third-order valence-electron chi connectivity index (χ3n) is 3.18. The Hall–Kier alpha value is -1.26. The summed E-state index contributed by atoms with van der Waals surface area (Å²) in [7, 11) is 3.19. The summed E-state index contributed by atoms with van der Waals surface area (Å²) in [6, 6.07) is 5.64. The van der Waals surface area contributed by atoms with Gasteiger partial charge in [-0.2, -0.15) is 0 Å². The molecule has 0 aromatic heterocycles. The van der Waals surface area contributed by atoms with Gasteiger partial charge in [-0.1, -0.05) is 19.9 Å². The SMILES string of the molecule is COc1ccc(C(CN)C(O)C(C)C)cc1OC. The predicted molar refractivity (Wildman–Crippen MR) is 72.2 cm³/mol. The van der Waals surface area contributed by atoms with Gasteiger partial charge in [-0.3, -0.25) is 0 Å².